The van der Waals surface area contributed by atoms with E-state index in [0.717, 1.165) is 0 Å². The molecule has 0 radical (unpaired) electrons. The maximum Gasteiger partial charge on any atom is 0.248 e. The molecule has 2 unspecified atom stereocenters. The molecule has 2 rings (SSSR count). The number of carbonyl (C=O) groups excluding carboxylic acids is 1. The lowest BCUT2D eigenvalue weighted by atomic mass is 10.1. The van der Waals surface area contributed by atoms with Crippen LogP contribution in [0.1, 0.15) is 6.42 Å². The van der Waals surface area contributed by atoms with Crippen molar-refractivity contribution in [2.45, 2.75) is 12.5 Å². The van der Waals surface area contributed by atoms with Gasteiger partial charge >= 0.3 is 0 Å². The molecule has 0 aliphatic carbocycles. The molecule has 2 aliphatic rings. The Bertz CT molecular complexity index is 395. The average molecular weight is 262 g/mol. The van der Waals surface area contributed by atoms with Crippen molar-refractivity contribution in [3.8, 4) is 0 Å². The third kappa shape index (κ3) is 2.97. The van der Waals surface area contributed by atoms with Gasteiger partial charge in [-0.2, -0.15) is 0 Å². The van der Waals surface area contributed by atoms with E-state index in [4.69, 9.17) is 10.5 Å². The SMILES string of the molecule is NCC1COCC(=O)N1CC1CCS(=O)(=O)C1. The summed E-state index contributed by atoms with van der Waals surface area (Å²) in [5, 5.41) is 0. The van der Waals surface area contributed by atoms with Crippen molar-refractivity contribution in [1.29, 1.82) is 0 Å². The number of hydrogen-bond acceptors (Lipinski definition) is 5. The number of carbonyl (C=O) groups is 1. The van der Waals surface area contributed by atoms with E-state index in [0.29, 0.717) is 26.1 Å². The van der Waals surface area contributed by atoms with E-state index in [-0.39, 0.29) is 36.0 Å². The third-order valence-electron chi connectivity index (χ3n) is 3.35. The number of nitrogens with zero attached hydrogens (tertiary/aromatic N) is 1. The molecule has 2 fully saturated rings. The molecular weight excluding hydrogens is 244 g/mol. The average Bonchev–Trinajstić information content (AvgIpc) is 2.61. The number of morpholine rings is 1. The van der Waals surface area contributed by atoms with Crippen molar-refractivity contribution in [1.82, 2.24) is 4.90 Å². The molecule has 6 nitrogen and oxygen atoms in total. The number of nitrogens with two attached hydrogens (primary N) is 1. The Kier molecular flexibility index (Phi) is 3.70. The first-order chi connectivity index (χ1) is 8.02. The summed E-state index contributed by atoms with van der Waals surface area (Å²) in [4.78, 5) is 13.4. The van der Waals surface area contributed by atoms with Gasteiger partial charge in [0, 0.05) is 13.1 Å². The minimum atomic E-state index is -2.89. The van der Waals surface area contributed by atoms with Crippen molar-refractivity contribution in [3.63, 3.8) is 0 Å². The molecule has 0 spiro atoms. The summed E-state index contributed by atoms with van der Waals surface area (Å²) in [7, 11) is -2.89. The van der Waals surface area contributed by atoms with Crippen molar-refractivity contribution in [2.24, 2.45) is 11.7 Å². The Balaban J connectivity index is 1.98. The van der Waals surface area contributed by atoms with Gasteiger partial charge in [-0.1, -0.05) is 0 Å². The highest BCUT2D eigenvalue weighted by Gasteiger charge is 2.34. The number of ether oxygens (including phenoxy) is 1. The fourth-order valence-electron chi connectivity index (χ4n) is 2.40. The second-order valence-corrected chi connectivity index (χ2v) is 6.95. The Morgan fingerprint density at radius 3 is 2.82 bits per heavy atom. The monoisotopic (exact) mass is 262 g/mol. The van der Waals surface area contributed by atoms with Gasteiger partial charge < -0.3 is 15.4 Å². The molecule has 0 bridgehead atoms. The molecule has 2 aliphatic heterocycles. The Morgan fingerprint density at radius 2 is 2.24 bits per heavy atom. The summed E-state index contributed by atoms with van der Waals surface area (Å²) in [6.07, 6.45) is 0.643. The van der Waals surface area contributed by atoms with Gasteiger partial charge in [-0.25, -0.2) is 8.42 Å². The molecule has 0 aromatic heterocycles. The van der Waals surface area contributed by atoms with E-state index in [1.807, 2.05) is 0 Å². The zero-order chi connectivity index (χ0) is 12.5. The largest absolute Gasteiger partial charge is 0.369 e. The highest BCUT2D eigenvalue weighted by molar-refractivity contribution is 7.91. The third-order valence-corrected chi connectivity index (χ3v) is 5.19. The second-order valence-electron chi connectivity index (χ2n) is 4.72. The molecule has 1 amide bonds. The van der Waals surface area contributed by atoms with Gasteiger partial charge in [0.1, 0.15) is 6.61 Å². The molecule has 0 aromatic carbocycles. The fraction of sp³-hybridized carbons (Fsp3) is 0.900. The molecule has 7 heteroatoms. The van der Waals surface area contributed by atoms with Crippen LogP contribution in [0.15, 0.2) is 0 Å². The summed E-state index contributed by atoms with van der Waals surface area (Å²) < 4.78 is 27.9. The highest BCUT2D eigenvalue weighted by atomic mass is 32.2. The molecule has 2 heterocycles. The van der Waals surface area contributed by atoms with E-state index in [1.165, 1.54) is 0 Å². The van der Waals surface area contributed by atoms with Gasteiger partial charge in [0.25, 0.3) is 0 Å². The molecule has 17 heavy (non-hydrogen) atoms. The predicted molar refractivity (Wildman–Crippen MR) is 62.1 cm³/mol. The minimum Gasteiger partial charge on any atom is -0.369 e. The lowest BCUT2D eigenvalue weighted by Crippen LogP contribution is -2.54. The smallest absolute Gasteiger partial charge is 0.248 e. The minimum absolute atomic E-state index is 0.0519. The standard InChI is InChI=1S/C10H18N2O4S/c11-3-9-5-16-6-10(13)12(9)4-8-1-2-17(14,15)7-8/h8-9H,1-7,11H2. The van der Waals surface area contributed by atoms with Gasteiger partial charge in [-0.3, -0.25) is 4.79 Å². The van der Waals surface area contributed by atoms with E-state index in [9.17, 15) is 13.2 Å². The maximum absolute atomic E-state index is 11.7. The van der Waals surface area contributed by atoms with Crippen LogP contribution in [0.2, 0.25) is 0 Å². The first-order valence-corrected chi connectivity index (χ1v) is 7.61. The van der Waals surface area contributed by atoms with E-state index in [1.54, 1.807) is 4.90 Å². The highest BCUT2D eigenvalue weighted by Crippen LogP contribution is 2.21. The van der Waals surface area contributed by atoms with E-state index >= 15 is 0 Å². The van der Waals surface area contributed by atoms with E-state index < -0.39 is 9.84 Å². The molecule has 98 valence electrons. The fourth-order valence-corrected chi connectivity index (χ4v) is 4.25. The van der Waals surface area contributed by atoms with Crippen LogP contribution in [-0.2, 0) is 19.4 Å². The van der Waals surface area contributed by atoms with Crippen LogP contribution in [0, 0.1) is 5.92 Å². The number of hydrogen-bond donors (Lipinski definition) is 1. The second kappa shape index (κ2) is 4.91. The summed E-state index contributed by atoms with van der Waals surface area (Å²) in [6, 6.07) is -0.112. The Morgan fingerprint density at radius 1 is 1.47 bits per heavy atom. The summed E-state index contributed by atoms with van der Waals surface area (Å²) in [6.45, 7) is 1.37. The van der Waals surface area contributed by atoms with Gasteiger partial charge in [0.05, 0.1) is 24.2 Å². The molecule has 2 atom stereocenters. The first-order valence-electron chi connectivity index (χ1n) is 5.79. The summed E-state index contributed by atoms with van der Waals surface area (Å²) >= 11 is 0. The van der Waals surface area contributed by atoms with Crippen molar-refractivity contribution >= 4 is 15.7 Å². The van der Waals surface area contributed by atoms with Crippen LogP contribution in [0.4, 0.5) is 0 Å². The lowest BCUT2D eigenvalue weighted by Gasteiger charge is -2.36. The van der Waals surface area contributed by atoms with Gasteiger partial charge in [-0.15, -0.1) is 0 Å². The van der Waals surface area contributed by atoms with Crippen LogP contribution >= 0.6 is 0 Å². The number of rotatable bonds is 3. The van der Waals surface area contributed by atoms with Crippen molar-refractivity contribution in [3.05, 3.63) is 0 Å². The van der Waals surface area contributed by atoms with Gasteiger partial charge in [0.15, 0.2) is 9.84 Å². The van der Waals surface area contributed by atoms with Crippen LogP contribution in [0.5, 0.6) is 0 Å². The van der Waals surface area contributed by atoms with Crippen LogP contribution in [-0.4, -0.2) is 63.1 Å². The molecule has 2 N–H and O–H groups in total. The predicted octanol–water partition coefficient (Wildman–Crippen LogP) is -1.39. The molecular formula is C10H18N2O4S. The topological polar surface area (TPSA) is 89.7 Å². The van der Waals surface area contributed by atoms with Crippen LogP contribution in [0.25, 0.3) is 0 Å². The van der Waals surface area contributed by atoms with Crippen LogP contribution in [0.3, 0.4) is 0 Å². The van der Waals surface area contributed by atoms with Crippen LogP contribution < -0.4 is 5.73 Å². The maximum atomic E-state index is 11.7. The number of amides is 1. The Hall–Kier alpha value is -0.660. The Labute approximate surface area is 101 Å². The molecule has 0 saturated carbocycles. The first kappa shape index (κ1) is 12.8. The number of sulfone groups is 1. The zero-order valence-electron chi connectivity index (χ0n) is 9.67. The lowest BCUT2D eigenvalue weighted by molar-refractivity contribution is -0.148. The molecule has 0 aromatic rings. The van der Waals surface area contributed by atoms with Crippen molar-refractivity contribution < 1.29 is 17.9 Å². The van der Waals surface area contributed by atoms with Crippen molar-refractivity contribution in [2.75, 3.05) is 37.8 Å². The van der Waals surface area contributed by atoms with Gasteiger partial charge in [0.2, 0.25) is 5.91 Å². The summed E-state index contributed by atoms with van der Waals surface area (Å²) in [5.74, 6) is 0.394. The molecule has 2 saturated heterocycles. The quantitative estimate of drug-likeness (QED) is 0.676. The van der Waals surface area contributed by atoms with E-state index in [2.05, 4.69) is 0 Å². The summed E-state index contributed by atoms with van der Waals surface area (Å²) in [5.41, 5.74) is 5.59. The normalized spacial score (nSPS) is 33.0. The van der Waals surface area contributed by atoms with Gasteiger partial charge in [-0.05, 0) is 12.3 Å². The zero-order valence-corrected chi connectivity index (χ0v) is 10.5.